The molecule has 0 aliphatic heterocycles. The molecule has 1 unspecified atom stereocenters. The number of phenols is 1. The molecule has 0 bridgehead atoms. The molecule has 5 N–H and O–H groups in total. The molecular formula is C33H42N4O3. The maximum Gasteiger partial charge on any atom is 0.136 e. The van der Waals surface area contributed by atoms with Gasteiger partial charge in [0.25, 0.3) is 0 Å². The van der Waals surface area contributed by atoms with Crippen molar-refractivity contribution in [1.82, 2.24) is 20.2 Å². The van der Waals surface area contributed by atoms with Gasteiger partial charge in [-0.1, -0.05) is 36.4 Å². The Morgan fingerprint density at radius 2 is 1.60 bits per heavy atom. The van der Waals surface area contributed by atoms with Crippen molar-refractivity contribution in [2.24, 2.45) is 0 Å². The van der Waals surface area contributed by atoms with Gasteiger partial charge < -0.3 is 25.2 Å². The number of aromatic nitrogens is 2. The van der Waals surface area contributed by atoms with E-state index >= 15 is 0 Å². The number of benzene rings is 2. The van der Waals surface area contributed by atoms with Crippen LogP contribution in [0.25, 0.3) is 5.82 Å². The number of aliphatic hydroxyl groups is 2. The van der Waals surface area contributed by atoms with E-state index in [9.17, 15) is 15.3 Å². The summed E-state index contributed by atoms with van der Waals surface area (Å²) in [7, 11) is 0. The SMILES string of the molecule is Cc1c(O)ccc(CCNC(O)c2cccc(C[C@@H](C)NC[C@H](O)c3ccc(-n4c(C)ccc4C)nc3)c2)c1C. The van der Waals surface area contributed by atoms with Gasteiger partial charge in [-0.15, -0.1) is 0 Å². The highest BCUT2D eigenvalue weighted by Gasteiger charge is 2.14. The Labute approximate surface area is 237 Å². The summed E-state index contributed by atoms with van der Waals surface area (Å²) in [6, 6.07) is 19.8. The molecule has 0 spiro atoms. The number of aliphatic hydroxyl groups excluding tert-OH is 2. The van der Waals surface area contributed by atoms with E-state index in [0.29, 0.717) is 18.8 Å². The molecule has 40 heavy (non-hydrogen) atoms. The molecule has 7 heteroatoms. The summed E-state index contributed by atoms with van der Waals surface area (Å²) >= 11 is 0. The van der Waals surface area contributed by atoms with Gasteiger partial charge in [-0.2, -0.15) is 0 Å². The lowest BCUT2D eigenvalue weighted by atomic mass is 10.00. The number of aromatic hydroxyl groups is 1. The lowest BCUT2D eigenvalue weighted by Gasteiger charge is -2.19. The minimum atomic E-state index is -0.766. The summed E-state index contributed by atoms with van der Waals surface area (Å²) in [5, 5.41) is 38.0. The van der Waals surface area contributed by atoms with Gasteiger partial charge in [0.05, 0.1) is 6.10 Å². The molecule has 0 amide bonds. The summed E-state index contributed by atoms with van der Waals surface area (Å²) in [4.78, 5) is 4.57. The minimum Gasteiger partial charge on any atom is -0.508 e. The Balaban J connectivity index is 1.26. The Morgan fingerprint density at radius 1 is 0.850 bits per heavy atom. The lowest BCUT2D eigenvalue weighted by molar-refractivity contribution is 0.140. The second kappa shape index (κ2) is 13.2. The van der Waals surface area contributed by atoms with Crippen molar-refractivity contribution in [2.75, 3.05) is 13.1 Å². The summed E-state index contributed by atoms with van der Waals surface area (Å²) in [6.45, 7) is 11.2. The second-order valence-corrected chi connectivity index (χ2v) is 10.8. The third-order valence-electron chi connectivity index (χ3n) is 7.73. The summed E-state index contributed by atoms with van der Waals surface area (Å²) in [5.41, 5.74) is 8.10. The molecule has 4 rings (SSSR count). The molecule has 212 valence electrons. The first-order valence-electron chi connectivity index (χ1n) is 13.9. The highest BCUT2D eigenvalue weighted by molar-refractivity contribution is 5.42. The second-order valence-electron chi connectivity index (χ2n) is 10.8. The molecule has 0 saturated carbocycles. The zero-order chi connectivity index (χ0) is 28.8. The maximum atomic E-state index is 10.7. The number of rotatable bonds is 12. The zero-order valence-electron chi connectivity index (χ0n) is 24.1. The highest BCUT2D eigenvalue weighted by atomic mass is 16.3. The van der Waals surface area contributed by atoms with Crippen LogP contribution in [-0.2, 0) is 12.8 Å². The molecule has 0 aliphatic carbocycles. The van der Waals surface area contributed by atoms with Gasteiger partial charge in [0, 0.05) is 42.3 Å². The molecule has 2 aromatic heterocycles. The molecule has 3 atom stereocenters. The van der Waals surface area contributed by atoms with Crippen molar-refractivity contribution >= 4 is 0 Å². The van der Waals surface area contributed by atoms with Crippen molar-refractivity contribution in [1.29, 1.82) is 0 Å². The van der Waals surface area contributed by atoms with Gasteiger partial charge in [0.15, 0.2) is 0 Å². The van der Waals surface area contributed by atoms with Crippen molar-refractivity contribution in [3.05, 3.63) is 112 Å². The van der Waals surface area contributed by atoms with Crippen LogP contribution < -0.4 is 10.6 Å². The molecule has 0 aliphatic rings. The number of aryl methyl sites for hydroxylation is 2. The first kappa shape index (κ1) is 29.5. The van der Waals surface area contributed by atoms with Crippen LogP contribution in [0.5, 0.6) is 5.75 Å². The number of hydrogen-bond donors (Lipinski definition) is 5. The van der Waals surface area contributed by atoms with Crippen LogP contribution in [-0.4, -0.2) is 44.0 Å². The van der Waals surface area contributed by atoms with Crippen molar-refractivity contribution in [2.45, 2.75) is 65.8 Å². The third kappa shape index (κ3) is 7.17. The molecular weight excluding hydrogens is 500 g/mol. The Hall–Kier alpha value is -3.49. The normalized spacial score (nSPS) is 13.8. The first-order chi connectivity index (χ1) is 19.1. The average molecular weight is 543 g/mol. The van der Waals surface area contributed by atoms with E-state index in [1.54, 1.807) is 12.3 Å². The monoisotopic (exact) mass is 542 g/mol. The Kier molecular flexibility index (Phi) is 9.76. The van der Waals surface area contributed by atoms with E-state index in [4.69, 9.17) is 0 Å². The van der Waals surface area contributed by atoms with Crippen molar-refractivity contribution < 1.29 is 15.3 Å². The highest BCUT2D eigenvalue weighted by Crippen LogP contribution is 2.23. The van der Waals surface area contributed by atoms with Gasteiger partial charge >= 0.3 is 0 Å². The number of phenolic OH excluding ortho intramolecular Hbond substituents is 1. The largest absolute Gasteiger partial charge is 0.508 e. The van der Waals surface area contributed by atoms with Crippen LogP contribution >= 0.6 is 0 Å². The predicted molar refractivity (Wildman–Crippen MR) is 160 cm³/mol. The van der Waals surface area contributed by atoms with Crippen LogP contribution in [0, 0.1) is 27.7 Å². The maximum absolute atomic E-state index is 10.7. The van der Waals surface area contributed by atoms with Crippen LogP contribution in [0.2, 0.25) is 0 Å². The third-order valence-corrected chi connectivity index (χ3v) is 7.73. The van der Waals surface area contributed by atoms with E-state index in [-0.39, 0.29) is 6.04 Å². The van der Waals surface area contributed by atoms with Crippen LogP contribution in [0.4, 0.5) is 0 Å². The van der Waals surface area contributed by atoms with Gasteiger partial charge in [-0.3, -0.25) is 5.32 Å². The van der Waals surface area contributed by atoms with E-state index < -0.39 is 12.3 Å². The van der Waals surface area contributed by atoms with E-state index in [0.717, 1.165) is 63.4 Å². The summed E-state index contributed by atoms with van der Waals surface area (Å²) < 4.78 is 2.09. The predicted octanol–water partition coefficient (Wildman–Crippen LogP) is 4.89. The van der Waals surface area contributed by atoms with Gasteiger partial charge in [0.1, 0.15) is 17.8 Å². The molecule has 7 nitrogen and oxygen atoms in total. The minimum absolute atomic E-state index is 0.133. The van der Waals surface area contributed by atoms with Crippen molar-refractivity contribution in [3.8, 4) is 11.6 Å². The fourth-order valence-electron chi connectivity index (χ4n) is 5.10. The van der Waals surface area contributed by atoms with Gasteiger partial charge in [-0.05, 0) is 99.5 Å². The van der Waals surface area contributed by atoms with E-state index in [1.807, 2.05) is 50.2 Å². The lowest BCUT2D eigenvalue weighted by Crippen LogP contribution is -2.32. The Bertz CT molecular complexity index is 1390. The van der Waals surface area contributed by atoms with Gasteiger partial charge in [-0.25, -0.2) is 4.98 Å². The summed E-state index contributed by atoms with van der Waals surface area (Å²) in [6.07, 6.45) is 1.85. The number of hydrogen-bond acceptors (Lipinski definition) is 6. The molecule has 2 aromatic carbocycles. The zero-order valence-corrected chi connectivity index (χ0v) is 24.1. The van der Waals surface area contributed by atoms with E-state index in [2.05, 4.69) is 59.2 Å². The number of nitrogens with one attached hydrogen (secondary N) is 2. The smallest absolute Gasteiger partial charge is 0.136 e. The number of nitrogens with zero attached hydrogens (tertiary/aromatic N) is 2. The molecule has 0 saturated heterocycles. The Morgan fingerprint density at radius 3 is 2.30 bits per heavy atom. The molecule has 2 heterocycles. The molecule has 0 radical (unpaired) electrons. The van der Waals surface area contributed by atoms with Crippen LogP contribution in [0.3, 0.4) is 0 Å². The fraction of sp³-hybridized carbons (Fsp3) is 0.364. The quantitative estimate of drug-likeness (QED) is 0.163. The van der Waals surface area contributed by atoms with Crippen LogP contribution in [0.15, 0.2) is 66.9 Å². The average Bonchev–Trinajstić information content (AvgIpc) is 3.29. The van der Waals surface area contributed by atoms with Gasteiger partial charge in [0.2, 0.25) is 0 Å². The summed E-state index contributed by atoms with van der Waals surface area (Å²) in [5.74, 6) is 1.16. The first-order valence-corrected chi connectivity index (χ1v) is 13.9. The number of pyridine rings is 1. The standard InChI is InChI=1S/C33H42N4O3/c1-21(35-20-31(39)29-12-14-32(36-19-29)37-22(2)9-10-23(37)3)17-26-7-6-8-28(18-26)33(40)34-16-15-27-11-13-30(38)25(5)24(27)4/h6-14,18-19,21,31,33-35,38-40H,15-17,20H2,1-5H3/t21-,31+,33?/m1/s1. The van der Waals surface area contributed by atoms with Crippen molar-refractivity contribution in [3.63, 3.8) is 0 Å². The fourth-order valence-corrected chi connectivity index (χ4v) is 5.10. The van der Waals surface area contributed by atoms with E-state index in [1.165, 1.54) is 0 Å². The molecule has 0 fully saturated rings. The topological polar surface area (TPSA) is 103 Å². The van der Waals surface area contributed by atoms with Crippen LogP contribution in [0.1, 0.15) is 64.0 Å². The molecule has 4 aromatic rings.